The maximum absolute atomic E-state index is 11.7. The first-order valence-corrected chi connectivity index (χ1v) is 6.24. The number of ether oxygens (including phenoxy) is 2. The number of halogens is 1. The molecule has 0 amide bonds. The van der Waals surface area contributed by atoms with Crippen LogP contribution in [0.2, 0.25) is 0 Å². The summed E-state index contributed by atoms with van der Waals surface area (Å²) in [5.74, 6) is 0.373. The third kappa shape index (κ3) is 2.37. The normalized spacial score (nSPS) is 20.8. The van der Waals surface area contributed by atoms with Gasteiger partial charge in [-0.1, -0.05) is 0 Å². The maximum Gasteiger partial charge on any atom is 0.353 e. The van der Waals surface area contributed by atoms with E-state index in [2.05, 4.69) is 27.6 Å². The van der Waals surface area contributed by atoms with E-state index >= 15 is 0 Å². The molecule has 5 nitrogen and oxygen atoms in total. The largest absolute Gasteiger partial charge is 0.480 e. The molecule has 1 fully saturated rings. The van der Waals surface area contributed by atoms with Gasteiger partial charge >= 0.3 is 5.69 Å². The van der Waals surface area contributed by atoms with E-state index in [0.717, 1.165) is 22.8 Å². The maximum atomic E-state index is 11.7. The Balaban J connectivity index is 2.33. The summed E-state index contributed by atoms with van der Waals surface area (Å²) in [4.78, 5) is 15.6. The molecule has 1 aromatic heterocycles. The van der Waals surface area contributed by atoms with Crippen LogP contribution in [0.1, 0.15) is 25.5 Å². The van der Waals surface area contributed by atoms with Crippen molar-refractivity contribution in [2.24, 2.45) is 0 Å². The van der Waals surface area contributed by atoms with Gasteiger partial charge < -0.3 is 9.47 Å². The molecule has 2 heterocycles. The van der Waals surface area contributed by atoms with Gasteiger partial charge in [-0.05, 0) is 41.9 Å². The van der Waals surface area contributed by atoms with Gasteiger partial charge in [0, 0.05) is 12.8 Å². The molecular formula is C10H13IN2O3. The molecule has 0 radical (unpaired) electrons. The van der Waals surface area contributed by atoms with Gasteiger partial charge in [-0.25, -0.2) is 4.79 Å². The van der Waals surface area contributed by atoms with Gasteiger partial charge in [-0.15, -0.1) is 0 Å². The van der Waals surface area contributed by atoms with E-state index in [1.807, 2.05) is 0 Å². The molecule has 0 saturated carbocycles. The first kappa shape index (κ1) is 11.8. The summed E-state index contributed by atoms with van der Waals surface area (Å²) in [6, 6.07) is 0. The highest BCUT2D eigenvalue weighted by Crippen LogP contribution is 2.23. The van der Waals surface area contributed by atoms with Crippen molar-refractivity contribution in [1.29, 1.82) is 0 Å². The monoisotopic (exact) mass is 336 g/mol. The van der Waals surface area contributed by atoms with Gasteiger partial charge in [0.15, 0.2) is 0 Å². The number of methoxy groups -OCH3 is 1. The number of aromatic nitrogens is 2. The van der Waals surface area contributed by atoms with Crippen LogP contribution in [-0.2, 0) is 4.74 Å². The zero-order valence-electron chi connectivity index (χ0n) is 8.98. The molecular weight excluding hydrogens is 323 g/mol. The molecule has 1 aliphatic rings. The standard InChI is InChI=1S/C10H13IN2O3/c1-15-9-7(11)6-13(10(14)12-9)8-4-2-3-5-16-8/h6,8H,2-5H2,1H3/t8-/m1/s1. The van der Waals surface area contributed by atoms with Crippen molar-refractivity contribution in [3.63, 3.8) is 0 Å². The predicted molar refractivity (Wildman–Crippen MR) is 66.6 cm³/mol. The molecule has 1 saturated heterocycles. The average molecular weight is 336 g/mol. The quantitative estimate of drug-likeness (QED) is 0.769. The van der Waals surface area contributed by atoms with Gasteiger partial charge in [0.2, 0.25) is 5.88 Å². The second kappa shape index (κ2) is 5.13. The van der Waals surface area contributed by atoms with Crippen LogP contribution in [0.4, 0.5) is 0 Å². The third-order valence-electron chi connectivity index (χ3n) is 2.53. The molecule has 1 aliphatic heterocycles. The molecule has 0 spiro atoms. The van der Waals surface area contributed by atoms with Crippen molar-refractivity contribution in [3.05, 3.63) is 20.3 Å². The predicted octanol–water partition coefficient (Wildman–Crippen LogP) is 1.56. The van der Waals surface area contributed by atoms with Crippen LogP contribution in [0, 0.1) is 3.57 Å². The van der Waals surface area contributed by atoms with Crippen LogP contribution >= 0.6 is 22.6 Å². The molecule has 1 aromatic rings. The molecule has 16 heavy (non-hydrogen) atoms. The molecule has 0 bridgehead atoms. The lowest BCUT2D eigenvalue weighted by atomic mass is 10.2. The molecule has 2 rings (SSSR count). The molecule has 0 N–H and O–H groups in total. The Kier molecular flexibility index (Phi) is 3.80. The van der Waals surface area contributed by atoms with Gasteiger partial charge in [0.25, 0.3) is 0 Å². The lowest BCUT2D eigenvalue weighted by molar-refractivity contribution is -0.0351. The number of hydrogen-bond donors (Lipinski definition) is 0. The van der Waals surface area contributed by atoms with Crippen LogP contribution in [-0.4, -0.2) is 23.3 Å². The Morgan fingerprint density at radius 3 is 3.06 bits per heavy atom. The minimum absolute atomic E-state index is 0.173. The highest BCUT2D eigenvalue weighted by molar-refractivity contribution is 14.1. The van der Waals surface area contributed by atoms with Crippen molar-refractivity contribution in [1.82, 2.24) is 9.55 Å². The number of nitrogens with zero attached hydrogens (tertiary/aromatic N) is 2. The van der Waals surface area contributed by atoms with Gasteiger partial charge in [-0.3, -0.25) is 4.57 Å². The van der Waals surface area contributed by atoms with E-state index < -0.39 is 0 Å². The summed E-state index contributed by atoms with van der Waals surface area (Å²) in [6.07, 6.45) is 4.58. The molecule has 6 heteroatoms. The highest BCUT2D eigenvalue weighted by Gasteiger charge is 2.18. The van der Waals surface area contributed by atoms with Gasteiger partial charge in [-0.2, -0.15) is 4.98 Å². The average Bonchev–Trinajstić information content (AvgIpc) is 2.32. The minimum Gasteiger partial charge on any atom is -0.480 e. The number of rotatable bonds is 2. The van der Waals surface area contributed by atoms with E-state index in [1.165, 1.54) is 7.11 Å². The lowest BCUT2D eigenvalue weighted by Gasteiger charge is -2.24. The molecule has 0 aliphatic carbocycles. The van der Waals surface area contributed by atoms with Crippen LogP contribution in [0.5, 0.6) is 5.88 Å². The Bertz CT molecular complexity index is 427. The van der Waals surface area contributed by atoms with Gasteiger partial charge in [0.05, 0.1) is 10.7 Å². The summed E-state index contributed by atoms with van der Waals surface area (Å²) in [5.41, 5.74) is -0.316. The summed E-state index contributed by atoms with van der Waals surface area (Å²) in [7, 11) is 1.51. The van der Waals surface area contributed by atoms with E-state index in [1.54, 1.807) is 10.8 Å². The van der Waals surface area contributed by atoms with Crippen molar-refractivity contribution >= 4 is 22.6 Å². The van der Waals surface area contributed by atoms with Crippen LogP contribution in [0.3, 0.4) is 0 Å². The van der Waals surface area contributed by atoms with Crippen LogP contribution < -0.4 is 10.4 Å². The molecule has 88 valence electrons. The first-order chi connectivity index (χ1) is 7.72. The smallest absolute Gasteiger partial charge is 0.353 e. The van der Waals surface area contributed by atoms with E-state index in [9.17, 15) is 4.79 Å². The van der Waals surface area contributed by atoms with Crippen LogP contribution in [0.25, 0.3) is 0 Å². The number of hydrogen-bond acceptors (Lipinski definition) is 4. The summed E-state index contributed by atoms with van der Waals surface area (Å²) >= 11 is 2.10. The third-order valence-corrected chi connectivity index (χ3v) is 3.27. The zero-order valence-corrected chi connectivity index (χ0v) is 11.1. The Labute approximate surface area is 107 Å². The minimum atomic E-state index is -0.316. The lowest BCUT2D eigenvalue weighted by Crippen LogP contribution is -2.30. The Morgan fingerprint density at radius 2 is 2.44 bits per heavy atom. The summed E-state index contributed by atoms with van der Waals surface area (Å²) in [6.45, 7) is 0.708. The second-order valence-electron chi connectivity index (χ2n) is 3.61. The molecule has 0 unspecified atom stereocenters. The van der Waals surface area contributed by atoms with Crippen molar-refractivity contribution in [2.75, 3.05) is 13.7 Å². The zero-order chi connectivity index (χ0) is 11.5. The van der Waals surface area contributed by atoms with Gasteiger partial charge in [0.1, 0.15) is 6.23 Å². The van der Waals surface area contributed by atoms with Crippen molar-refractivity contribution in [2.45, 2.75) is 25.5 Å². The topological polar surface area (TPSA) is 53.3 Å². The van der Waals surface area contributed by atoms with Crippen molar-refractivity contribution < 1.29 is 9.47 Å². The van der Waals surface area contributed by atoms with E-state index in [4.69, 9.17) is 9.47 Å². The van der Waals surface area contributed by atoms with E-state index in [0.29, 0.717) is 12.5 Å². The van der Waals surface area contributed by atoms with Crippen LogP contribution in [0.15, 0.2) is 11.0 Å². The SMILES string of the molecule is COc1nc(=O)n([C@H]2CCCCO2)cc1I. The fourth-order valence-corrected chi connectivity index (χ4v) is 2.36. The highest BCUT2D eigenvalue weighted by atomic mass is 127. The second-order valence-corrected chi connectivity index (χ2v) is 4.77. The van der Waals surface area contributed by atoms with E-state index in [-0.39, 0.29) is 11.9 Å². The fraction of sp³-hybridized carbons (Fsp3) is 0.600. The fourth-order valence-electron chi connectivity index (χ4n) is 1.72. The molecule has 1 atom stereocenters. The first-order valence-electron chi connectivity index (χ1n) is 5.16. The summed E-state index contributed by atoms with van der Waals surface area (Å²) in [5, 5.41) is 0. The summed E-state index contributed by atoms with van der Waals surface area (Å²) < 4.78 is 12.9. The molecule has 0 aromatic carbocycles. The van der Waals surface area contributed by atoms with Crippen molar-refractivity contribution in [3.8, 4) is 5.88 Å². The Hall–Kier alpha value is -0.630. The Morgan fingerprint density at radius 1 is 1.62 bits per heavy atom.